The summed E-state index contributed by atoms with van der Waals surface area (Å²) in [7, 11) is 0. The maximum atomic E-state index is 6.48. The van der Waals surface area contributed by atoms with Gasteiger partial charge in [-0.15, -0.1) is 0 Å². The second-order valence-corrected chi connectivity index (χ2v) is 7.81. The molecular formula is C23H22ClN5. The highest BCUT2D eigenvalue weighted by molar-refractivity contribution is 6.33. The number of aromatic nitrogens is 3. The number of halogens is 1. The van der Waals surface area contributed by atoms with Crippen LogP contribution in [-0.2, 0) is 0 Å². The predicted octanol–water partition coefficient (Wildman–Crippen LogP) is 4.84. The van der Waals surface area contributed by atoms with E-state index in [1.54, 1.807) is 6.20 Å². The molecule has 0 aliphatic carbocycles. The molecule has 1 fully saturated rings. The molecule has 3 N–H and O–H groups in total. The molecule has 0 amide bonds. The first-order valence-corrected chi connectivity index (χ1v) is 10.3. The number of nitrogens with one attached hydrogen (secondary N) is 3. The highest BCUT2D eigenvalue weighted by Gasteiger charge is 2.27. The van der Waals surface area contributed by atoms with E-state index >= 15 is 0 Å². The molecule has 29 heavy (non-hydrogen) atoms. The third-order valence-electron chi connectivity index (χ3n) is 5.61. The van der Waals surface area contributed by atoms with Crippen molar-refractivity contribution >= 4 is 28.5 Å². The summed E-state index contributed by atoms with van der Waals surface area (Å²) in [5.41, 5.74) is 4.13. The number of hydrogen-bond acceptors (Lipinski definition) is 4. The maximum absolute atomic E-state index is 6.48. The van der Waals surface area contributed by atoms with Crippen LogP contribution < -0.4 is 10.6 Å². The van der Waals surface area contributed by atoms with Gasteiger partial charge in [0.15, 0.2) is 0 Å². The van der Waals surface area contributed by atoms with Gasteiger partial charge in [0, 0.05) is 41.2 Å². The highest BCUT2D eigenvalue weighted by Crippen LogP contribution is 2.33. The Labute approximate surface area is 174 Å². The van der Waals surface area contributed by atoms with E-state index in [-0.39, 0.29) is 6.04 Å². The molecule has 2 aromatic heterocycles. The van der Waals surface area contributed by atoms with Crippen molar-refractivity contribution in [2.75, 3.05) is 18.4 Å². The maximum Gasteiger partial charge on any atom is 0.223 e. The van der Waals surface area contributed by atoms with Gasteiger partial charge >= 0.3 is 0 Å². The molecule has 0 spiro atoms. The standard InChI is InChI=1S/C23H22ClN5/c24-19-13-27-23(29-22(19)18-12-26-20-9-5-4-8-17(18)20)28-21-14-25-11-10-16(21)15-6-2-1-3-7-15/h1-9,12-13,16,21,25-26H,10-11,14H2,(H,27,28,29). The lowest BCUT2D eigenvalue weighted by Gasteiger charge is -2.33. The van der Waals surface area contributed by atoms with Crippen LogP contribution in [0.3, 0.4) is 0 Å². The summed E-state index contributed by atoms with van der Waals surface area (Å²) in [5, 5.41) is 8.68. The van der Waals surface area contributed by atoms with Crippen LogP contribution in [0.15, 0.2) is 67.0 Å². The summed E-state index contributed by atoms with van der Waals surface area (Å²) in [6.07, 6.45) is 4.71. The minimum atomic E-state index is 0.211. The van der Waals surface area contributed by atoms with E-state index in [0.29, 0.717) is 16.9 Å². The van der Waals surface area contributed by atoms with Crippen LogP contribution in [-0.4, -0.2) is 34.1 Å². The molecule has 2 unspecified atom stereocenters. The first kappa shape index (κ1) is 18.2. The molecule has 5 rings (SSSR count). The van der Waals surface area contributed by atoms with E-state index in [2.05, 4.69) is 57.0 Å². The van der Waals surface area contributed by atoms with Gasteiger partial charge in [0.25, 0.3) is 0 Å². The minimum absolute atomic E-state index is 0.211. The summed E-state index contributed by atoms with van der Waals surface area (Å²) in [4.78, 5) is 12.5. The van der Waals surface area contributed by atoms with Crippen LogP contribution in [0.5, 0.6) is 0 Å². The Hall–Kier alpha value is -2.89. The highest BCUT2D eigenvalue weighted by atomic mass is 35.5. The SMILES string of the molecule is Clc1cnc(NC2CNCCC2c2ccccc2)nc1-c1c[nH]c2ccccc12. The van der Waals surface area contributed by atoms with Crippen LogP contribution in [0, 0.1) is 0 Å². The topological polar surface area (TPSA) is 65.6 Å². The monoisotopic (exact) mass is 403 g/mol. The Balaban J connectivity index is 1.47. The van der Waals surface area contributed by atoms with Crippen molar-refractivity contribution < 1.29 is 0 Å². The quantitative estimate of drug-likeness (QED) is 0.456. The number of anilines is 1. The molecule has 6 heteroatoms. The second-order valence-electron chi connectivity index (χ2n) is 7.40. The molecule has 1 aliphatic rings. The Morgan fingerprint density at radius 2 is 1.86 bits per heavy atom. The lowest BCUT2D eigenvalue weighted by atomic mass is 9.86. The summed E-state index contributed by atoms with van der Waals surface area (Å²) >= 11 is 6.48. The van der Waals surface area contributed by atoms with Crippen LogP contribution in [0.4, 0.5) is 5.95 Å². The molecule has 146 valence electrons. The van der Waals surface area contributed by atoms with Crippen molar-refractivity contribution in [3.8, 4) is 11.3 Å². The predicted molar refractivity (Wildman–Crippen MR) is 118 cm³/mol. The fourth-order valence-electron chi connectivity index (χ4n) is 4.17. The zero-order valence-corrected chi connectivity index (χ0v) is 16.7. The molecule has 0 saturated carbocycles. The van der Waals surface area contributed by atoms with Crippen molar-refractivity contribution in [1.29, 1.82) is 0 Å². The van der Waals surface area contributed by atoms with Gasteiger partial charge in [-0.2, -0.15) is 0 Å². The lowest BCUT2D eigenvalue weighted by Crippen LogP contribution is -2.44. The Bertz CT molecular complexity index is 1120. The summed E-state index contributed by atoms with van der Waals surface area (Å²) in [6.45, 7) is 1.88. The fraction of sp³-hybridized carbons (Fsp3) is 0.217. The lowest BCUT2D eigenvalue weighted by molar-refractivity contribution is 0.421. The number of fused-ring (bicyclic) bond motifs is 1. The summed E-state index contributed by atoms with van der Waals surface area (Å²) in [6, 6.07) is 19.0. The first-order chi connectivity index (χ1) is 14.3. The minimum Gasteiger partial charge on any atom is -0.360 e. The largest absolute Gasteiger partial charge is 0.360 e. The number of H-pyrrole nitrogens is 1. The van der Waals surface area contributed by atoms with Gasteiger partial charge in [-0.05, 0) is 24.6 Å². The fourth-order valence-corrected chi connectivity index (χ4v) is 4.36. The molecule has 3 heterocycles. The molecule has 0 radical (unpaired) electrons. The molecular weight excluding hydrogens is 382 g/mol. The number of hydrogen-bond donors (Lipinski definition) is 3. The molecule has 4 aromatic rings. The zero-order chi connectivity index (χ0) is 19.6. The molecule has 0 bridgehead atoms. The molecule has 1 saturated heterocycles. The van der Waals surface area contributed by atoms with Crippen LogP contribution in [0.1, 0.15) is 17.9 Å². The van der Waals surface area contributed by atoms with Crippen molar-refractivity contribution in [2.45, 2.75) is 18.4 Å². The summed E-state index contributed by atoms with van der Waals surface area (Å²) < 4.78 is 0. The smallest absolute Gasteiger partial charge is 0.223 e. The number of benzene rings is 2. The normalized spacial score (nSPS) is 19.3. The van der Waals surface area contributed by atoms with E-state index in [1.807, 2.05) is 24.4 Å². The van der Waals surface area contributed by atoms with Crippen LogP contribution in [0.25, 0.3) is 22.2 Å². The molecule has 5 nitrogen and oxygen atoms in total. The third-order valence-corrected chi connectivity index (χ3v) is 5.89. The summed E-state index contributed by atoms with van der Waals surface area (Å²) in [5.74, 6) is 1.01. The van der Waals surface area contributed by atoms with Crippen molar-refractivity contribution in [3.05, 3.63) is 77.6 Å². The second kappa shape index (κ2) is 7.85. The third kappa shape index (κ3) is 3.59. The number of aromatic amines is 1. The average molecular weight is 404 g/mol. The first-order valence-electron chi connectivity index (χ1n) is 9.91. The number of rotatable bonds is 4. The number of para-hydroxylation sites is 1. The molecule has 1 aliphatic heterocycles. The van der Waals surface area contributed by atoms with Gasteiger partial charge in [-0.1, -0.05) is 60.1 Å². The van der Waals surface area contributed by atoms with Crippen molar-refractivity contribution in [3.63, 3.8) is 0 Å². The Morgan fingerprint density at radius 1 is 1.03 bits per heavy atom. The van der Waals surface area contributed by atoms with E-state index in [0.717, 1.165) is 41.7 Å². The molecule has 2 atom stereocenters. The van der Waals surface area contributed by atoms with Crippen molar-refractivity contribution in [2.24, 2.45) is 0 Å². The Kier molecular flexibility index (Phi) is 4.92. The van der Waals surface area contributed by atoms with Gasteiger partial charge in [0.05, 0.1) is 16.9 Å². The zero-order valence-electron chi connectivity index (χ0n) is 15.9. The van der Waals surface area contributed by atoms with Gasteiger partial charge in [-0.3, -0.25) is 0 Å². The van der Waals surface area contributed by atoms with Gasteiger partial charge in [-0.25, -0.2) is 9.97 Å². The average Bonchev–Trinajstić information content (AvgIpc) is 3.20. The Morgan fingerprint density at radius 3 is 2.76 bits per heavy atom. The molecule has 2 aromatic carbocycles. The van der Waals surface area contributed by atoms with Crippen LogP contribution >= 0.6 is 11.6 Å². The van der Waals surface area contributed by atoms with Crippen LogP contribution in [0.2, 0.25) is 5.02 Å². The van der Waals surface area contributed by atoms with Gasteiger partial charge < -0.3 is 15.6 Å². The number of nitrogens with zero attached hydrogens (tertiary/aromatic N) is 2. The van der Waals surface area contributed by atoms with E-state index < -0.39 is 0 Å². The van der Waals surface area contributed by atoms with E-state index in [9.17, 15) is 0 Å². The van der Waals surface area contributed by atoms with Gasteiger partial charge in [0.2, 0.25) is 5.95 Å². The van der Waals surface area contributed by atoms with Gasteiger partial charge in [0.1, 0.15) is 0 Å². The number of piperidine rings is 1. The van der Waals surface area contributed by atoms with E-state index in [1.165, 1.54) is 5.56 Å². The van der Waals surface area contributed by atoms with E-state index in [4.69, 9.17) is 16.6 Å². The van der Waals surface area contributed by atoms with Crippen molar-refractivity contribution in [1.82, 2.24) is 20.3 Å².